The second-order valence-electron chi connectivity index (χ2n) is 6.37. The molecular formula is C16H22N6O. The quantitative estimate of drug-likeness (QED) is 0.935. The lowest BCUT2D eigenvalue weighted by Gasteiger charge is -2.29. The minimum Gasteiger partial charge on any atom is -0.335 e. The molecule has 1 aliphatic heterocycles. The Labute approximate surface area is 135 Å². The number of urea groups is 1. The Balaban J connectivity index is 1.41. The van der Waals surface area contributed by atoms with Crippen molar-refractivity contribution in [3.8, 4) is 0 Å². The Kier molecular flexibility index (Phi) is 3.77. The van der Waals surface area contributed by atoms with Crippen molar-refractivity contribution in [1.29, 1.82) is 0 Å². The molecule has 1 fully saturated rings. The van der Waals surface area contributed by atoms with Crippen LogP contribution < -0.4 is 5.32 Å². The van der Waals surface area contributed by atoms with Gasteiger partial charge in [-0.25, -0.2) is 9.78 Å². The summed E-state index contributed by atoms with van der Waals surface area (Å²) < 4.78 is 4.10. The first-order chi connectivity index (χ1) is 11.3. The molecule has 0 atom stereocenters. The Morgan fingerprint density at radius 3 is 2.96 bits per heavy atom. The summed E-state index contributed by atoms with van der Waals surface area (Å²) in [4.78, 5) is 18.8. The van der Waals surface area contributed by atoms with Gasteiger partial charge >= 0.3 is 6.03 Å². The monoisotopic (exact) mass is 314 g/mol. The number of rotatable bonds is 3. The van der Waals surface area contributed by atoms with E-state index in [0.717, 1.165) is 37.4 Å². The van der Waals surface area contributed by atoms with Crippen LogP contribution >= 0.6 is 0 Å². The van der Waals surface area contributed by atoms with Gasteiger partial charge in [-0.05, 0) is 18.9 Å². The summed E-state index contributed by atoms with van der Waals surface area (Å²) in [6, 6.07) is 2.34. The van der Waals surface area contributed by atoms with Crippen molar-refractivity contribution in [2.24, 2.45) is 0 Å². The molecule has 0 saturated heterocycles. The van der Waals surface area contributed by atoms with Gasteiger partial charge in [0, 0.05) is 31.5 Å². The molecule has 0 radical (unpaired) electrons. The number of hydrogen-bond donors (Lipinski definition) is 1. The molecule has 7 heteroatoms. The third kappa shape index (κ3) is 2.95. The first-order valence-electron chi connectivity index (χ1n) is 8.36. The second kappa shape index (κ2) is 6.06. The van der Waals surface area contributed by atoms with E-state index in [4.69, 9.17) is 0 Å². The Hall–Kier alpha value is -2.31. The number of nitrogens with one attached hydrogen (secondary N) is 1. The predicted octanol–water partition coefficient (Wildman–Crippen LogP) is 1.60. The summed E-state index contributed by atoms with van der Waals surface area (Å²) >= 11 is 0. The number of aromatic nitrogens is 4. The summed E-state index contributed by atoms with van der Waals surface area (Å²) in [5.74, 6) is 0.958. The Bertz CT molecular complexity index is 671. The van der Waals surface area contributed by atoms with Gasteiger partial charge in [0.25, 0.3) is 0 Å². The van der Waals surface area contributed by atoms with Gasteiger partial charge in [-0.15, -0.1) is 0 Å². The Morgan fingerprint density at radius 2 is 2.17 bits per heavy atom. The van der Waals surface area contributed by atoms with Crippen LogP contribution in [0.1, 0.15) is 37.2 Å². The van der Waals surface area contributed by atoms with Gasteiger partial charge in [-0.3, -0.25) is 4.68 Å². The van der Waals surface area contributed by atoms with Crippen molar-refractivity contribution in [1.82, 2.24) is 29.5 Å². The van der Waals surface area contributed by atoms with Crippen molar-refractivity contribution in [2.75, 3.05) is 6.54 Å². The van der Waals surface area contributed by atoms with Crippen molar-refractivity contribution in [2.45, 2.75) is 51.4 Å². The number of hydrogen-bond acceptors (Lipinski definition) is 3. The van der Waals surface area contributed by atoms with Crippen LogP contribution in [0.15, 0.2) is 24.7 Å². The lowest BCUT2D eigenvalue weighted by atomic mass is 10.2. The fraction of sp³-hybridized carbons (Fsp3) is 0.562. The minimum absolute atomic E-state index is 0.0553. The average molecular weight is 314 g/mol. The van der Waals surface area contributed by atoms with Crippen LogP contribution in [-0.2, 0) is 19.6 Å². The summed E-state index contributed by atoms with van der Waals surface area (Å²) in [6.45, 7) is 2.82. The SMILES string of the molecule is O=C(NC1CCCC1)N1CCn2c(Cn3cccn3)cnc2C1. The molecule has 0 bridgehead atoms. The molecule has 2 aromatic heterocycles. The molecule has 3 heterocycles. The maximum absolute atomic E-state index is 12.4. The van der Waals surface area contributed by atoms with Gasteiger partial charge in [0.2, 0.25) is 0 Å². The molecule has 2 aliphatic rings. The molecule has 1 N–H and O–H groups in total. The number of nitrogens with zero attached hydrogens (tertiary/aromatic N) is 5. The maximum Gasteiger partial charge on any atom is 0.318 e. The van der Waals surface area contributed by atoms with Crippen molar-refractivity contribution in [3.05, 3.63) is 36.2 Å². The molecule has 122 valence electrons. The highest BCUT2D eigenvalue weighted by Gasteiger charge is 2.26. The number of amides is 2. The van der Waals surface area contributed by atoms with Gasteiger partial charge < -0.3 is 14.8 Å². The van der Waals surface area contributed by atoms with Crippen LogP contribution in [-0.4, -0.2) is 42.8 Å². The fourth-order valence-electron chi connectivity index (χ4n) is 3.52. The van der Waals surface area contributed by atoms with Crippen LogP contribution in [0.5, 0.6) is 0 Å². The van der Waals surface area contributed by atoms with Crippen molar-refractivity contribution >= 4 is 6.03 Å². The second-order valence-corrected chi connectivity index (χ2v) is 6.37. The van der Waals surface area contributed by atoms with Crippen LogP contribution in [0.25, 0.3) is 0 Å². The highest BCUT2D eigenvalue weighted by atomic mass is 16.2. The van der Waals surface area contributed by atoms with E-state index in [-0.39, 0.29) is 6.03 Å². The molecule has 0 aromatic carbocycles. The van der Waals surface area contributed by atoms with Crippen LogP contribution in [0, 0.1) is 0 Å². The van der Waals surface area contributed by atoms with E-state index in [1.165, 1.54) is 12.8 Å². The standard InChI is InChI=1S/C16H22N6O/c23-16(19-13-4-1-2-5-13)20-8-9-22-14(10-17-15(22)12-20)11-21-7-3-6-18-21/h3,6-7,10,13H,1-2,4-5,8-9,11-12H2,(H,19,23). The number of fused-ring (bicyclic) bond motifs is 1. The molecule has 2 amide bonds. The van der Waals surface area contributed by atoms with E-state index in [1.807, 2.05) is 28.0 Å². The zero-order valence-corrected chi connectivity index (χ0v) is 13.2. The first kappa shape index (κ1) is 14.3. The number of carbonyl (C=O) groups is 1. The molecular weight excluding hydrogens is 292 g/mol. The first-order valence-corrected chi connectivity index (χ1v) is 8.36. The van der Waals surface area contributed by atoms with Gasteiger partial charge in [0.1, 0.15) is 5.82 Å². The Morgan fingerprint density at radius 1 is 1.30 bits per heavy atom. The van der Waals surface area contributed by atoms with E-state index in [9.17, 15) is 4.79 Å². The molecule has 0 spiro atoms. The van der Waals surface area contributed by atoms with Crippen molar-refractivity contribution < 1.29 is 4.79 Å². The van der Waals surface area contributed by atoms with E-state index in [0.29, 0.717) is 19.1 Å². The van der Waals surface area contributed by atoms with E-state index < -0.39 is 0 Å². The maximum atomic E-state index is 12.4. The highest BCUT2D eigenvalue weighted by molar-refractivity contribution is 5.74. The summed E-state index contributed by atoms with van der Waals surface area (Å²) in [5.41, 5.74) is 1.14. The van der Waals surface area contributed by atoms with Gasteiger partial charge in [-0.2, -0.15) is 5.10 Å². The number of carbonyl (C=O) groups excluding carboxylic acids is 1. The molecule has 1 saturated carbocycles. The molecule has 2 aromatic rings. The van der Waals surface area contributed by atoms with E-state index >= 15 is 0 Å². The van der Waals surface area contributed by atoms with E-state index in [2.05, 4.69) is 20.0 Å². The molecule has 1 aliphatic carbocycles. The molecule has 4 rings (SSSR count). The van der Waals surface area contributed by atoms with E-state index in [1.54, 1.807) is 6.20 Å². The van der Waals surface area contributed by atoms with Crippen LogP contribution in [0.2, 0.25) is 0 Å². The average Bonchev–Trinajstić information content (AvgIpc) is 3.30. The smallest absolute Gasteiger partial charge is 0.318 e. The zero-order chi connectivity index (χ0) is 15.6. The molecule has 23 heavy (non-hydrogen) atoms. The summed E-state index contributed by atoms with van der Waals surface area (Å²) in [7, 11) is 0. The number of imidazole rings is 1. The third-order valence-electron chi connectivity index (χ3n) is 4.80. The van der Waals surface area contributed by atoms with Crippen LogP contribution in [0.3, 0.4) is 0 Å². The lowest BCUT2D eigenvalue weighted by Crippen LogP contribution is -2.47. The zero-order valence-electron chi connectivity index (χ0n) is 13.2. The third-order valence-corrected chi connectivity index (χ3v) is 4.80. The van der Waals surface area contributed by atoms with Crippen molar-refractivity contribution in [3.63, 3.8) is 0 Å². The van der Waals surface area contributed by atoms with Gasteiger partial charge in [-0.1, -0.05) is 12.8 Å². The highest BCUT2D eigenvalue weighted by Crippen LogP contribution is 2.19. The fourth-order valence-corrected chi connectivity index (χ4v) is 3.52. The normalized spacial score (nSPS) is 18.2. The topological polar surface area (TPSA) is 68.0 Å². The lowest BCUT2D eigenvalue weighted by molar-refractivity contribution is 0.178. The van der Waals surface area contributed by atoms with Gasteiger partial charge in [0.05, 0.1) is 25.0 Å². The molecule has 7 nitrogen and oxygen atoms in total. The largest absolute Gasteiger partial charge is 0.335 e. The van der Waals surface area contributed by atoms with Crippen LogP contribution in [0.4, 0.5) is 4.79 Å². The summed E-state index contributed by atoms with van der Waals surface area (Å²) in [5, 5.41) is 7.40. The molecule has 0 unspecified atom stereocenters. The van der Waals surface area contributed by atoms with Gasteiger partial charge in [0.15, 0.2) is 0 Å². The predicted molar refractivity (Wildman–Crippen MR) is 84.8 cm³/mol. The summed E-state index contributed by atoms with van der Waals surface area (Å²) in [6.07, 6.45) is 10.3. The minimum atomic E-state index is 0.0553.